The second-order valence-corrected chi connectivity index (χ2v) is 7.38. The Morgan fingerprint density at radius 2 is 1.90 bits per heavy atom. The molecule has 1 saturated heterocycles. The third-order valence-electron chi connectivity index (χ3n) is 5.60. The molecule has 0 unspecified atom stereocenters. The van der Waals surface area contributed by atoms with E-state index in [0.717, 1.165) is 79.1 Å². The van der Waals surface area contributed by atoms with E-state index in [0.29, 0.717) is 0 Å². The molecule has 1 aromatic heterocycles. The molecular formula is C24H28N4O2. The van der Waals surface area contributed by atoms with Crippen LogP contribution in [0.5, 0.6) is 5.75 Å². The monoisotopic (exact) mass is 404 g/mol. The lowest BCUT2D eigenvalue weighted by Crippen LogP contribution is -2.39. The number of hydrogen-bond donors (Lipinski definition) is 0. The van der Waals surface area contributed by atoms with Crippen LogP contribution in [0.4, 0.5) is 5.69 Å². The van der Waals surface area contributed by atoms with Crippen LogP contribution in [0.2, 0.25) is 0 Å². The number of ether oxygens (including phenoxy) is 2. The Morgan fingerprint density at radius 1 is 1.13 bits per heavy atom. The molecule has 0 radical (unpaired) electrons. The third kappa shape index (κ3) is 4.24. The molecule has 6 heteroatoms. The molecule has 156 valence electrons. The average molecular weight is 405 g/mol. The fourth-order valence-corrected chi connectivity index (χ4v) is 3.89. The lowest BCUT2D eigenvalue weighted by Gasteiger charge is -2.29. The average Bonchev–Trinajstić information content (AvgIpc) is 3.23. The van der Waals surface area contributed by atoms with Gasteiger partial charge in [-0.25, -0.2) is 4.99 Å². The Kier molecular flexibility index (Phi) is 6.14. The molecule has 1 fully saturated rings. The van der Waals surface area contributed by atoms with Crippen LogP contribution >= 0.6 is 0 Å². The first-order chi connectivity index (χ1) is 14.7. The van der Waals surface area contributed by atoms with E-state index < -0.39 is 0 Å². The summed E-state index contributed by atoms with van der Waals surface area (Å²) in [7, 11) is 1.68. The number of anilines is 1. The number of pyridine rings is 1. The predicted molar refractivity (Wildman–Crippen MR) is 121 cm³/mol. The summed E-state index contributed by atoms with van der Waals surface area (Å²) in [6.07, 6.45) is 4.52. The summed E-state index contributed by atoms with van der Waals surface area (Å²) in [5, 5.41) is 0. The first-order valence-corrected chi connectivity index (χ1v) is 10.3. The first-order valence-electron chi connectivity index (χ1n) is 10.3. The highest BCUT2D eigenvalue weighted by Crippen LogP contribution is 2.37. The number of methoxy groups -OCH3 is 1. The smallest absolute Gasteiger partial charge is 0.138 e. The number of morpholine rings is 1. The van der Waals surface area contributed by atoms with Gasteiger partial charge in [0.25, 0.3) is 0 Å². The lowest BCUT2D eigenvalue weighted by atomic mass is 9.98. The molecule has 0 spiro atoms. The molecule has 0 bridgehead atoms. The topological polar surface area (TPSA) is 50.2 Å². The Balaban J connectivity index is 1.74. The summed E-state index contributed by atoms with van der Waals surface area (Å²) in [5.74, 6) is 2.79. The lowest BCUT2D eigenvalue weighted by molar-refractivity contribution is 0.0678. The van der Waals surface area contributed by atoms with Crippen LogP contribution < -0.4 is 9.64 Å². The highest BCUT2D eigenvalue weighted by atomic mass is 16.5. The molecule has 30 heavy (non-hydrogen) atoms. The van der Waals surface area contributed by atoms with Crippen molar-refractivity contribution in [3.8, 4) is 5.75 Å². The van der Waals surface area contributed by atoms with Crippen molar-refractivity contribution in [1.82, 2.24) is 9.88 Å². The summed E-state index contributed by atoms with van der Waals surface area (Å²) in [6, 6.07) is 12.1. The van der Waals surface area contributed by atoms with Crippen molar-refractivity contribution in [2.24, 2.45) is 4.99 Å². The van der Waals surface area contributed by atoms with E-state index in [1.54, 1.807) is 7.11 Å². The van der Waals surface area contributed by atoms with Crippen molar-refractivity contribution in [1.29, 1.82) is 0 Å². The highest BCUT2D eigenvalue weighted by Gasteiger charge is 2.27. The zero-order valence-corrected chi connectivity index (χ0v) is 17.7. The van der Waals surface area contributed by atoms with Crippen molar-refractivity contribution in [3.63, 3.8) is 0 Å². The molecule has 0 aliphatic carbocycles. The van der Waals surface area contributed by atoms with Gasteiger partial charge in [-0.15, -0.1) is 0 Å². The summed E-state index contributed by atoms with van der Waals surface area (Å²) < 4.78 is 10.9. The van der Waals surface area contributed by atoms with E-state index in [1.807, 2.05) is 42.7 Å². The Bertz CT molecular complexity index is 962. The number of nitrogens with zero attached hydrogens (tertiary/aromatic N) is 4. The number of amidine groups is 1. The minimum absolute atomic E-state index is 0.739. The fourth-order valence-electron chi connectivity index (χ4n) is 3.89. The van der Waals surface area contributed by atoms with Gasteiger partial charge in [0.1, 0.15) is 17.4 Å². The van der Waals surface area contributed by atoms with Crippen LogP contribution in [0, 0.1) is 0 Å². The zero-order valence-electron chi connectivity index (χ0n) is 17.7. The largest absolute Gasteiger partial charge is 0.497 e. The van der Waals surface area contributed by atoms with Crippen molar-refractivity contribution >= 4 is 17.1 Å². The molecular weight excluding hydrogens is 376 g/mol. The summed E-state index contributed by atoms with van der Waals surface area (Å²) in [5.41, 5.74) is 4.29. The molecule has 0 saturated carbocycles. The highest BCUT2D eigenvalue weighted by molar-refractivity contribution is 5.85. The van der Waals surface area contributed by atoms with Gasteiger partial charge in [-0.3, -0.25) is 4.98 Å². The predicted octanol–water partition coefficient (Wildman–Crippen LogP) is 3.98. The summed E-state index contributed by atoms with van der Waals surface area (Å²) >= 11 is 0. The zero-order chi connectivity index (χ0) is 20.9. The number of hydrogen-bond acceptors (Lipinski definition) is 5. The minimum Gasteiger partial charge on any atom is -0.497 e. The van der Waals surface area contributed by atoms with E-state index in [4.69, 9.17) is 14.5 Å². The maximum Gasteiger partial charge on any atom is 0.138 e. The molecule has 0 N–H and O–H groups in total. The molecule has 6 nitrogen and oxygen atoms in total. The van der Waals surface area contributed by atoms with E-state index in [1.165, 1.54) is 0 Å². The number of benzene rings is 1. The third-order valence-corrected chi connectivity index (χ3v) is 5.60. The number of aromatic nitrogens is 1. The maximum atomic E-state index is 5.50. The van der Waals surface area contributed by atoms with Crippen LogP contribution in [0.1, 0.15) is 18.9 Å². The van der Waals surface area contributed by atoms with Crippen molar-refractivity contribution < 1.29 is 9.47 Å². The van der Waals surface area contributed by atoms with E-state index >= 15 is 0 Å². The van der Waals surface area contributed by atoms with Gasteiger partial charge in [0, 0.05) is 43.3 Å². The summed E-state index contributed by atoms with van der Waals surface area (Å²) in [6.45, 7) is 10.6. The van der Waals surface area contributed by atoms with Crippen LogP contribution in [0.3, 0.4) is 0 Å². The Labute approximate surface area is 178 Å². The standard InChI is InChI=1S/C24H28N4O2/c1-18(20-5-4-6-22(17-20)29-3)23-9-12-28(21-7-10-25-11-8-21)24(23)26-19(2)27-13-15-30-16-14-27/h4-8,10-11,17H,1,9,12-16H2,2-3H3. The summed E-state index contributed by atoms with van der Waals surface area (Å²) in [4.78, 5) is 13.8. The second kappa shape index (κ2) is 9.13. The van der Waals surface area contributed by atoms with Gasteiger partial charge >= 0.3 is 0 Å². The van der Waals surface area contributed by atoms with Gasteiger partial charge in [0.15, 0.2) is 0 Å². The van der Waals surface area contributed by atoms with Gasteiger partial charge < -0.3 is 19.3 Å². The van der Waals surface area contributed by atoms with E-state index in [9.17, 15) is 0 Å². The molecule has 0 amide bonds. The van der Waals surface area contributed by atoms with Crippen LogP contribution in [-0.4, -0.2) is 55.7 Å². The Hall–Kier alpha value is -3.12. The molecule has 2 aliphatic rings. The van der Waals surface area contributed by atoms with Gasteiger partial charge in [-0.2, -0.15) is 0 Å². The molecule has 1 aromatic carbocycles. The van der Waals surface area contributed by atoms with Crippen LogP contribution in [0.15, 0.2) is 71.8 Å². The van der Waals surface area contributed by atoms with Crippen molar-refractivity contribution in [3.05, 3.63) is 72.3 Å². The first kappa shape index (κ1) is 20.2. The molecule has 4 rings (SSSR count). The van der Waals surface area contributed by atoms with Gasteiger partial charge in [0.05, 0.1) is 20.3 Å². The Morgan fingerprint density at radius 3 is 2.63 bits per heavy atom. The number of rotatable bonds is 5. The van der Waals surface area contributed by atoms with Gasteiger partial charge in [-0.1, -0.05) is 18.7 Å². The molecule has 0 atom stereocenters. The minimum atomic E-state index is 0.739. The SMILES string of the molecule is C=C(C1=C(N=C(C)N2CCOCC2)N(c2ccncc2)CC1)c1cccc(OC)c1. The van der Waals surface area contributed by atoms with Crippen LogP contribution in [-0.2, 0) is 4.74 Å². The maximum absolute atomic E-state index is 5.50. The van der Waals surface area contributed by atoms with Gasteiger partial charge in [0.2, 0.25) is 0 Å². The quantitative estimate of drug-likeness (QED) is 0.557. The van der Waals surface area contributed by atoms with Crippen molar-refractivity contribution in [2.75, 3.05) is 44.9 Å². The fraction of sp³-hybridized carbons (Fsp3) is 0.333. The second-order valence-electron chi connectivity index (χ2n) is 7.38. The number of allylic oxidation sites excluding steroid dienone is 1. The van der Waals surface area contributed by atoms with Crippen molar-refractivity contribution in [2.45, 2.75) is 13.3 Å². The molecule has 2 aromatic rings. The van der Waals surface area contributed by atoms with Crippen LogP contribution in [0.25, 0.3) is 5.57 Å². The van der Waals surface area contributed by atoms with E-state index in [2.05, 4.69) is 34.4 Å². The van der Waals surface area contributed by atoms with Gasteiger partial charge in [-0.05, 0) is 48.7 Å². The van der Waals surface area contributed by atoms with E-state index in [-0.39, 0.29) is 0 Å². The normalized spacial score (nSPS) is 17.5. The number of aliphatic imine (C=N–C) groups is 1. The molecule has 2 aliphatic heterocycles. The molecule has 3 heterocycles.